The highest BCUT2D eigenvalue weighted by Gasteiger charge is 2.57. The molecule has 0 spiro atoms. The van der Waals surface area contributed by atoms with E-state index in [1.807, 2.05) is 77.0 Å². The number of Topliss-reactive ketones (excluding diaryl/α,β-unsaturated/α-hetero) is 1. The van der Waals surface area contributed by atoms with Gasteiger partial charge < -0.3 is 15.1 Å². The van der Waals surface area contributed by atoms with Gasteiger partial charge in [-0.05, 0) is 47.5 Å². The fraction of sp³-hybridized carbons (Fsp3) is 0.364. The number of ketones is 1. The first-order valence-corrected chi connectivity index (χ1v) is 15.7. The largest absolute Gasteiger partial charge is 0.338 e. The number of carbonyl (C=O) groups excluding carboxylic acids is 3. The maximum absolute atomic E-state index is 14.5. The number of benzene rings is 2. The Bertz CT molecular complexity index is 1400. The first kappa shape index (κ1) is 27.9. The van der Waals surface area contributed by atoms with E-state index in [0.29, 0.717) is 36.1 Å². The molecular formula is C33H34ClN3O3S. The number of nitrogens with one attached hydrogen (secondary N) is 1. The summed E-state index contributed by atoms with van der Waals surface area (Å²) in [5.41, 5.74) is 1.82. The van der Waals surface area contributed by atoms with Crippen LogP contribution in [0.1, 0.15) is 46.0 Å². The fourth-order valence-electron chi connectivity index (χ4n) is 6.40. The third-order valence-electron chi connectivity index (χ3n) is 8.71. The van der Waals surface area contributed by atoms with Crippen molar-refractivity contribution in [3.8, 4) is 0 Å². The van der Waals surface area contributed by atoms with Gasteiger partial charge in [0.25, 0.3) is 0 Å². The van der Waals surface area contributed by atoms with Gasteiger partial charge in [0.05, 0.1) is 16.8 Å². The minimum absolute atomic E-state index is 0.0205. The summed E-state index contributed by atoms with van der Waals surface area (Å²) in [5.74, 6) is -1.41. The van der Waals surface area contributed by atoms with Crippen LogP contribution in [0.2, 0.25) is 5.02 Å². The van der Waals surface area contributed by atoms with Crippen molar-refractivity contribution in [1.29, 1.82) is 0 Å². The smallest absolute Gasteiger partial charge is 0.246 e. The molecule has 1 aromatic heterocycles. The molecule has 8 heteroatoms. The number of amides is 2. The molecule has 2 aromatic carbocycles. The van der Waals surface area contributed by atoms with E-state index < -0.39 is 23.9 Å². The molecule has 3 aliphatic rings. The van der Waals surface area contributed by atoms with Crippen LogP contribution in [0.5, 0.6) is 0 Å². The van der Waals surface area contributed by atoms with Gasteiger partial charge in [-0.1, -0.05) is 78.7 Å². The summed E-state index contributed by atoms with van der Waals surface area (Å²) in [6, 6.07) is 19.7. The lowest BCUT2D eigenvalue weighted by atomic mass is 9.78. The molecule has 212 valence electrons. The van der Waals surface area contributed by atoms with E-state index in [1.54, 1.807) is 17.0 Å². The number of hydrogen-bond donors (Lipinski definition) is 1. The molecule has 0 bridgehead atoms. The van der Waals surface area contributed by atoms with Crippen molar-refractivity contribution >= 4 is 46.6 Å². The van der Waals surface area contributed by atoms with Crippen LogP contribution in [0, 0.1) is 11.8 Å². The molecule has 2 amide bonds. The quantitative estimate of drug-likeness (QED) is 0.370. The third-order valence-corrected chi connectivity index (χ3v) is 9.85. The van der Waals surface area contributed by atoms with Crippen LogP contribution < -0.4 is 5.32 Å². The summed E-state index contributed by atoms with van der Waals surface area (Å²) < 4.78 is 0. The molecule has 1 saturated carbocycles. The molecular weight excluding hydrogens is 554 g/mol. The Morgan fingerprint density at radius 1 is 0.902 bits per heavy atom. The van der Waals surface area contributed by atoms with E-state index in [9.17, 15) is 14.4 Å². The van der Waals surface area contributed by atoms with Crippen LogP contribution >= 0.6 is 22.9 Å². The third kappa shape index (κ3) is 5.63. The average molecular weight is 588 g/mol. The van der Waals surface area contributed by atoms with Gasteiger partial charge in [-0.15, -0.1) is 11.3 Å². The summed E-state index contributed by atoms with van der Waals surface area (Å²) >= 11 is 7.69. The van der Waals surface area contributed by atoms with E-state index in [1.165, 1.54) is 11.3 Å². The van der Waals surface area contributed by atoms with Crippen molar-refractivity contribution < 1.29 is 14.4 Å². The first-order valence-electron chi connectivity index (χ1n) is 14.4. The first-order chi connectivity index (χ1) is 20.0. The summed E-state index contributed by atoms with van der Waals surface area (Å²) in [4.78, 5) is 47.5. The molecule has 3 aromatic rings. The van der Waals surface area contributed by atoms with Crippen molar-refractivity contribution in [2.45, 2.75) is 37.3 Å². The molecule has 0 radical (unpaired) electrons. The van der Waals surface area contributed by atoms with Crippen LogP contribution in [0.25, 0.3) is 6.08 Å². The zero-order valence-corrected chi connectivity index (χ0v) is 24.4. The molecule has 3 heterocycles. The number of rotatable bonds is 7. The summed E-state index contributed by atoms with van der Waals surface area (Å²) in [5, 5.41) is 5.80. The minimum atomic E-state index is -0.790. The number of likely N-dealkylation sites (tertiary alicyclic amines) is 1. The molecule has 2 saturated heterocycles. The highest BCUT2D eigenvalue weighted by molar-refractivity contribution is 7.12. The average Bonchev–Trinajstić information content (AvgIpc) is 3.63. The van der Waals surface area contributed by atoms with Gasteiger partial charge in [0.1, 0.15) is 6.04 Å². The van der Waals surface area contributed by atoms with Gasteiger partial charge >= 0.3 is 0 Å². The van der Waals surface area contributed by atoms with Gasteiger partial charge in [-0.2, -0.15) is 0 Å². The van der Waals surface area contributed by atoms with E-state index in [-0.39, 0.29) is 23.5 Å². The highest BCUT2D eigenvalue weighted by atomic mass is 35.5. The Kier molecular flexibility index (Phi) is 8.37. The molecule has 6 rings (SSSR count). The molecule has 4 atom stereocenters. The van der Waals surface area contributed by atoms with Crippen LogP contribution in [0.15, 0.2) is 78.2 Å². The Morgan fingerprint density at radius 2 is 1.63 bits per heavy atom. The van der Waals surface area contributed by atoms with Crippen molar-refractivity contribution in [3.63, 3.8) is 0 Å². The number of hydrogen-bond acceptors (Lipinski definition) is 5. The maximum atomic E-state index is 14.5. The van der Waals surface area contributed by atoms with E-state index in [2.05, 4.69) is 5.32 Å². The topological polar surface area (TPSA) is 69.7 Å². The lowest BCUT2D eigenvalue weighted by Crippen LogP contribution is -2.56. The lowest BCUT2D eigenvalue weighted by Gasteiger charge is -2.38. The predicted molar refractivity (Wildman–Crippen MR) is 163 cm³/mol. The summed E-state index contributed by atoms with van der Waals surface area (Å²) in [7, 11) is 0. The van der Waals surface area contributed by atoms with Gasteiger partial charge in [-0.25, -0.2) is 0 Å². The zero-order chi connectivity index (χ0) is 28.3. The fourth-order valence-corrected chi connectivity index (χ4v) is 7.24. The lowest BCUT2D eigenvalue weighted by molar-refractivity contribution is -0.149. The molecule has 3 fully saturated rings. The van der Waals surface area contributed by atoms with Gasteiger partial charge in [-0.3, -0.25) is 14.4 Å². The maximum Gasteiger partial charge on any atom is 0.246 e. The number of piperazine rings is 1. The SMILES string of the molecule is O=C(c1cccs1)C1C(c2ccc(Cl)cc2)C(C(=O)N2CCNCC2)N(C(=O)C2CCC2)C1C=Cc1ccccc1. The number of thiophene rings is 1. The van der Waals surface area contributed by atoms with Crippen molar-refractivity contribution in [1.82, 2.24) is 15.1 Å². The summed E-state index contributed by atoms with van der Waals surface area (Å²) in [6.45, 7) is 2.55. The van der Waals surface area contributed by atoms with Crippen LogP contribution in [-0.4, -0.2) is 65.7 Å². The van der Waals surface area contributed by atoms with E-state index in [4.69, 9.17) is 11.6 Å². The molecule has 1 aliphatic carbocycles. The van der Waals surface area contributed by atoms with Gasteiger partial charge in [0.2, 0.25) is 11.8 Å². The highest BCUT2D eigenvalue weighted by Crippen LogP contribution is 2.48. The standard InChI is InChI=1S/C33H34ClN3O3S/c34-25-14-12-23(13-15-25)28-29(31(38)27-10-5-21-41-27)26(16-11-22-6-2-1-3-7-22)37(32(39)24-8-4-9-24)30(28)33(40)36-19-17-35-18-20-36/h1-3,5-7,10-16,21,24,26,28-30,35H,4,8-9,17-20H2. The predicted octanol–water partition coefficient (Wildman–Crippen LogP) is 5.51. The Balaban J connectivity index is 1.52. The van der Waals surface area contributed by atoms with Crippen LogP contribution in [0.4, 0.5) is 0 Å². The number of halogens is 1. The summed E-state index contributed by atoms with van der Waals surface area (Å²) in [6.07, 6.45) is 6.60. The van der Waals surface area contributed by atoms with Crippen LogP contribution in [-0.2, 0) is 9.59 Å². The molecule has 4 unspecified atom stereocenters. The number of nitrogens with zero attached hydrogens (tertiary/aromatic N) is 2. The molecule has 41 heavy (non-hydrogen) atoms. The second-order valence-electron chi connectivity index (χ2n) is 11.1. The Hall–Kier alpha value is -3.26. The normalized spacial score (nSPS) is 24.9. The van der Waals surface area contributed by atoms with Crippen LogP contribution in [0.3, 0.4) is 0 Å². The zero-order valence-electron chi connectivity index (χ0n) is 22.8. The second kappa shape index (κ2) is 12.3. The molecule has 6 nitrogen and oxygen atoms in total. The monoisotopic (exact) mass is 587 g/mol. The minimum Gasteiger partial charge on any atom is -0.338 e. The Labute approximate surface area is 250 Å². The second-order valence-corrected chi connectivity index (χ2v) is 12.5. The van der Waals surface area contributed by atoms with E-state index in [0.717, 1.165) is 30.4 Å². The van der Waals surface area contributed by atoms with Crippen molar-refractivity contribution in [2.24, 2.45) is 11.8 Å². The van der Waals surface area contributed by atoms with E-state index >= 15 is 0 Å². The van der Waals surface area contributed by atoms with Gasteiger partial charge in [0.15, 0.2) is 5.78 Å². The molecule has 1 N–H and O–H groups in total. The van der Waals surface area contributed by atoms with Crippen molar-refractivity contribution in [3.05, 3.63) is 99.2 Å². The molecule has 2 aliphatic heterocycles. The van der Waals surface area contributed by atoms with Gasteiger partial charge in [0, 0.05) is 43.0 Å². The number of carbonyl (C=O) groups is 3. The van der Waals surface area contributed by atoms with Crippen molar-refractivity contribution in [2.75, 3.05) is 26.2 Å². The Morgan fingerprint density at radius 3 is 2.27 bits per heavy atom.